The molecule has 0 unspecified atom stereocenters. The fraction of sp³-hybridized carbons (Fsp3) is 0.273. The molecule has 1 aromatic carbocycles. The third kappa shape index (κ3) is 3.46. The number of amides is 1. The Kier molecular flexibility index (Phi) is 4.60. The molecule has 2 aliphatic rings. The Balaban J connectivity index is 1.30. The largest absolute Gasteiger partial charge is 0.619 e. The number of hydrogen-bond acceptors (Lipinski definition) is 7. The molecule has 1 aliphatic carbocycles. The number of fused-ring (bicyclic) bond motifs is 2. The van der Waals surface area contributed by atoms with Gasteiger partial charge < -0.3 is 25.5 Å². The van der Waals surface area contributed by atoms with Crippen molar-refractivity contribution in [3.05, 3.63) is 71.1 Å². The summed E-state index contributed by atoms with van der Waals surface area (Å²) in [5, 5.41) is 38.7. The Morgan fingerprint density at radius 3 is 2.73 bits per heavy atom. The van der Waals surface area contributed by atoms with E-state index in [0.717, 1.165) is 6.07 Å². The number of benzene rings is 1. The van der Waals surface area contributed by atoms with Gasteiger partial charge >= 0.3 is 5.97 Å². The molecule has 1 spiro atoms. The molecule has 0 atom stereocenters. The summed E-state index contributed by atoms with van der Waals surface area (Å²) in [7, 11) is 0. The van der Waals surface area contributed by atoms with Crippen LogP contribution in [0.2, 0.25) is 0 Å². The molecule has 1 saturated carbocycles. The van der Waals surface area contributed by atoms with Crippen LogP contribution in [0, 0.1) is 11.0 Å². The van der Waals surface area contributed by atoms with Crippen LogP contribution in [-0.4, -0.2) is 37.5 Å². The number of anilines is 1. The molecular weight excluding hydrogens is 435 g/mol. The molecule has 5 rings (SSSR count). The first-order chi connectivity index (χ1) is 15.7. The molecule has 0 saturated heterocycles. The van der Waals surface area contributed by atoms with Crippen molar-refractivity contribution < 1.29 is 33.7 Å². The number of aromatic hydroxyl groups is 1. The fourth-order valence-electron chi connectivity index (χ4n) is 4.41. The molecule has 3 heterocycles. The zero-order valence-corrected chi connectivity index (χ0v) is 17.2. The molecule has 0 radical (unpaired) electrons. The summed E-state index contributed by atoms with van der Waals surface area (Å²) in [4.78, 5) is 25.1. The third-order valence-corrected chi connectivity index (χ3v) is 6.25. The maximum absolute atomic E-state index is 14.1. The number of rotatable bonds is 3. The van der Waals surface area contributed by atoms with Gasteiger partial charge in [0.1, 0.15) is 22.6 Å². The second-order valence-electron chi connectivity index (χ2n) is 8.28. The van der Waals surface area contributed by atoms with E-state index in [1.54, 1.807) is 0 Å². The lowest BCUT2D eigenvalue weighted by molar-refractivity contribution is -0.606. The number of nitrogens with one attached hydrogen (secondary N) is 1. The van der Waals surface area contributed by atoms with Gasteiger partial charge in [-0.15, -0.1) is 5.10 Å². The van der Waals surface area contributed by atoms with Gasteiger partial charge in [-0.25, -0.2) is 13.9 Å². The van der Waals surface area contributed by atoms with E-state index in [2.05, 4.69) is 10.4 Å². The fourth-order valence-corrected chi connectivity index (χ4v) is 4.41. The first kappa shape index (κ1) is 20.9. The van der Waals surface area contributed by atoms with E-state index in [4.69, 9.17) is 4.74 Å². The van der Waals surface area contributed by atoms with Crippen molar-refractivity contribution in [2.24, 2.45) is 0 Å². The minimum atomic E-state index is -1.74. The number of ether oxygens (including phenoxy) is 1. The average molecular weight is 454 g/mol. The number of hydrogen-bond donors (Lipinski definition) is 3. The summed E-state index contributed by atoms with van der Waals surface area (Å²) < 4.78 is 21.4. The van der Waals surface area contributed by atoms with Crippen molar-refractivity contribution in [3.63, 3.8) is 0 Å². The maximum atomic E-state index is 14.1. The van der Waals surface area contributed by atoms with Gasteiger partial charge in [-0.05, 0) is 37.8 Å². The van der Waals surface area contributed by atoms with E-state index in [1.165, 1.54) is 47.5 Å². The Morgan fingerprint density at radius 1 is 1.24 bits per heavy atom. The number of aliphatic hydroxyl groups is 1. The lowest BCUT2D eigenvalue weighted by Crippen LogP contribution is -2.49. The van der Waals surface area contributed by atoms with Gasteiger partial charge in [0, 0.05) is 24.4 Å². The van der Waals surface area contributed by atoms with Crippen molar-refractivity contribution in [1.82, 2.24) is 9.78 Å². The molecule has 10 nitrogen and oxygen atoms in total. The van der Waals surface area contributed by atoms with Crippen LogP contribution in [0.3, 0.4) is 0 Å². The normalized spacial score (nSPS) is 23.9. The Hall–Kier alpha value is -3.99. The van der Waals surface area contributed by atoms with Crippen LogP contribution in [0.4, 0.5) is 10.2 Å². The van der Waals surface area contributed by atoms with Gasteiger partial charge in [0.05, 0.1) is 11.1 Å². The predicted octanol–water partition coefficient (Wildman–Crippen LogP) is 1.66. The lowest BCUT2D eigenvalue weighted by atomic mass is 9.73. The highest BCUT2D eigenvalue weighted by atomic mass is 19.1. The van der Waals surface area contributed by atoms with Crippen molar-refractivity contribution in [2.75, 3.05) is 5.32 Å². The Labute approximate surface area is 186 Å². The summed E-state index contributed by atoms with van der Waals surface area (Å²) in [5.41, 5.74) is -1.95. The number of aromatic nitrogens is 3. The molecular formula is C22H19FN4O6. The highest BCUT2D eigenvalue weighted by Gasteiger charge is 2.54. The van der Waals surface area contributed by atoms with Gasteiger partial charge in [0.2, 0.25) is 0 Å². The van der Waals surface area contributed by atoms with E-state index < -0.39 is 28.9 Å². The zero-order chi connectivity index (χ0) is 23.4. The van der Waals surface area contributed by atoms with Gasteiger partial charge in [0.25, 0.3) is 5.91 Å². The SMILES string of the molecule is O=C1O[C@]2(CC[C@](O)(C(=O)Nc3ccn(-c4ccc(O)cc4F)n3)CC2)c2c[n+]([O-])ccc21. The summed E-state index contributed by atoms with van der Waals surface area (Å²) >= 11 is 0. The van der Waals surface area contributed by atoms with Crippen LogP contribution in [0.25, 0.3) is 5.69 Å². The quantitative estimate of drug-likeness (QED) is 0.311. The molecule has 0 bridgehead atoms. The number of nitrogens with zero attached hydrogens (tertiary/aromatic N) is 3. The van der Waals surface area contributed by atoms with E-state index in [1.807, 2.05) is 0 Å². The highest BCUT2D eigenvalue weighted by Crippen LogP contribution is 2.48. The summed E-state index contributed by atoms with van der Waals surface area (Å²) in [6.07, 6.45) is 4.24. The topological polar surface area (TPSA) is 141 Å². The summed E-state index contributed by atoms with van der Waals surface area (Å²) in [6, 6.07) is 6.43. The first-order valence-electron chi connectivity index (χ1n) is 10.2. The number of carbonyl (C=O) groups is 2. The molecule has 1 amide bonds. The number of esters is 1. The standard InChI is InChI=1S/C22H19FN4O6/c23-16-11-13(28)1-2-17(16)27-10-4-18(25-27)24-20(30)21(31)5-7-22(8-6-21)15-12-26(32)9-3-14(15)19(29)33-22/h1-4,9-12,28,31H,5-8H2,(H,24,25,30)/t21-,22+. The minimum absolute atomic E-state index is 0.00734. The minimum Gasteiger partial charge on any atom is -0.619 e. The predicted molar refractivity (Wildman–Crippen MR) is 110 cm³/mol. The van der Waals surface area contributed by atoms with Crippen LogP contribution in [-0.2, 0) is 15.1 Å². The lowest BCUT2D eigenvalue weighted by Gasteiger charge is -2.39. The van der Waals surface area contributed by atoms with Crippen LogP contribution in [0.5, 0.6) is 5.75 Å². The number of phenols is 1. The van der Waals surface area contributed by atoms with E-state index in [0.29, 0.717) is 15.9 Å². The number of halogens is 1. The smallest absolute Gasteiger partial charge is 0.339 e. The number of pyridine rings is 1. The molecule has 2 aromatic heterocycles. The molecule has 1 aliphatic heterocycles. The van der Waals surface area contributed by atoms with E-state index in [-0.39, 0.29) is 42.9 Å². The van der Waals surface area contributed by atoms with Crippen LogP contribution in [0.15, 0.2) is 48.9 Å². The molecule has 3 N–H and O–H groups in total. The van der Waals surface area contributed by atoms with Gasteiger partial charge in [-0.3, -0.25) is 4.79 Å². The van der Waals surface area contributed by atoms with Crippen LogP contribution >= 0.6 is 0 Å². The van der Waals surface area contributed by atoms with Gasteiger partial charge in [-0.1, -0.05) is 0 Å². The number of phenolic OH excluding ortho intramolecular Hbond substituents is 1. The first-order valence-corrected chi connectivity index (χ1v) is 10.2. The van der Waals surface area contributed by atoms with E-state index in [9.17, 15) is 29.4 Å². The maximum Gasteiger partial charge on any atom is 0.339 e. The van der Waals surface area contributed by atoms with Gasteiger partial charge in [-0.2, -0.15) is 4.73 Å². The van der Waals surface area contributed by atoms with Crippen molar-refractivity contribution in [2.45, 2.75) is 36.9 Å². The summed E-state index contributed by atoms with van der Waals surface area (Å²) in [5.74, 6) is -2.04. The summed E-state index contributed by atoms with van der Waals surface area (Å²) in [6.45, 7) is 0. The van der Waals surface area contributed by atoms with Crippen molar-refractivity contribution in [1.29, 1.82) is 0 Å². The molecule has 33 heavy (non-hydrogen) atoms. The molecule has 3 aromatic rings. The Morgan fingerprint density at radius 2 is 2.00 bits per heavy atom. The van der Waals surface area contributed by atoms with Crippen molar-refractivity contribution >= 4 is 17.7 Å². The van der Waals surface area contributed by atoms with Crippen LogP contribution in [0.1, 0.15) is 41.6 Å². The van der Waals surface area contributed by atoms with E-state index >= 15 is 0 Å². The molecule has 170 valence electrons. The zero-order valence-electron chi connectivity index (χ0n) is 17.2. The highest BCUT2D eigenvalue weighted by molar-refractivity contribution is 5.97. The van der Waals surface area contributed by atoms with Gasteiger partial charge in [0.15, 0.2) is 24.0 Å². The van der Waals surface area contributed by atoms with Crippen molar-refractivity contribution in [3.8, 4) is 11.4 Å². The molecule has 11 heteroatoms. The second kappa shape index (κ2) is 7.27. The monoisotopic (exact) mass is 454 g/mol. The average Bonchev–Trinajstić information content (AvgIpc) is 3.33. The third-order valence-electron chi connectivity index (χ3n) is 6.25. The molecule has 1 fully saturated rings. The van der Waals surface area contributed by atoms with Crippen LogP contribution < -0.4 is 10.0 Å². The number of carbonyl (C=O) groups excluding carboxylic acids is 2. The second-order valence-corrected chi connectivity index (χ2v) is 8.28. The Bertz CT molecular complexity index is 1280.